The van der Waals surface area contributed by atoms with Gasteiger partial charge in [0, 0.05) is 6.42 Å². The minimum Gasteiger partial charge on any atom is -0.508 e. The quantitative estimate of drug-likeness (QED) is 0.0296. The fourth-order valence-corrected chi connectivity index (χ4v) is 7.06. The number of rotatable bonds is 33. The summed E-state index contributed by atoms with van der Waals surface area (Å²) in [5.41, 5.74) is 29.3. The van der Waals surface area contributed by atoms with E-state index in [2.05, 4.69) is 42.5 Å². The van der Waals surface area contributed by atoms with Crippen LogP contribution in [-0.4, -0.2) is 160 Å². The second-order valence-corrected chi connectivity index (χ2v) is 17.7. The third kappa shape index (κ3) is 22.5. The zero-order chi connectivity index (χ0) is 55.7. The lowest BCUT2D eigenvalue weighted by molar-refractivity contribution is -0.136. The number of primary amides is 2. The second-order valence-electron chi connectivity index (χ2n) is 17.7. The fraction of sp³-hybridized carbons (Fsp3) is 0.532. The predicted molar refractivity (Wildman–Crippen MR) is 266 cm³/mol. The lowest BCUT2D eigenvalue weighted by Crippen LogP contribution is -2.61. The smallest absolute Gasteiger partial charge is 0.245 e. The molecule has 0 radical (unpaired) electrons. The Labute approximate surface area is 427 Å². The molecule has 0 heterocycles. The van der Waals surface area contributed by atoms with Crippen LogP contribution < -0.4 is 71.2 Å². The molecule has 0 aliphatic carbocycles. The van der Waals surface area contributed by atoms with Crippen LogP contribution in [0.4, 0.5) is 0 Å². The van der Waals surface area contributed by atoms with E-state index in [0.29, 0.717) is 36.8 Å². The summed E-state index contributed by atoms with van der Waals surface area (Å²) in [5.74, 6) is -9.71. The number of phenols is 2. The summed E-state index contributed by atoms with van der Waals surface area (Å²) < 4.78 is 0. The first kappa shape index (κ1) is 62.7. The normalized spacial score (nSPS) is 15.1. The molecule has 10 atom stereocenters. The number of aliphatic hydroxyl groups excluding tert-OH is 2. The predicted octanol–water partition coefficient (Wildman–Crippen LogP) is -5.88. The maximum Gasteiger partial charge on any atom is 0.245 e. The Balaban J connectivity index is 2.11. The summed E-state index contributed by atoms with van der Waals surface area (Å²) in [6, 6.07) is 0.133. The highest BCUT2D eigenvalue weighted by molar-refractivity contribution is 5.98. The van der Waals surface area contributed by atoms with Crippen LogP contribution in [0.1, 0.15) is 76.8 Å². The van der Waals surface area contributed by atoms with Gasteiger partial charge >= 0.3 is 0 Å². The number of amides is 10. The molecule has 22 N–H and O–H groups in total. The third-order valence-corrected chi connectivity index (χ3v) is 11.3. The SMILES string of the molecule is C[C@H](NC(=O)[C@@H](NC(=O)[C@H](CCCCN)NC(=O)[C@@H](N)Cc1ccc(O)cc1)[C@@H](C)O)C(=O)N[C@@H](CC(N)=O)C(=O)NCC(=O)N[C@@H](CCCCN)C(=O)N[C@H](C(=O)N[C@@H](Cc1ccc(O)cc1)C(N)=O)[C@@H](C)O. The molecule has 0 aliphatic rings. The first-order valence-corrected chi connectivity index (χ1v) is 23.9. The molecule has 410 valence electrons. The monoisotopic (exact) mass is 1040 g/mol. The minimum atomic E-state index is -1.72. The van der Waals surface area contributed by atoms with Crippen molar-refractivity contribution in [2.75, 3.05) is 19.6 Å². The summed E-state index contributed by atoms with van der Waals surface area (Å²) in [6.45, 7) is 3.22. The lowest BCUT2D eigenvalue weighted by atomic mass is 10.0. The molecule has 0 spiro atoms. The van der Waals surface area contributed by atoms with Gasteiger partial charge < -0.3 is 91.6 Å². The number of nitrogens with two attached hydrogens (primary N) is 5. The molecule has 0 fully saturated rings. The molecule has 2 aromatic rings. The first-order chi connectivity index (χ1) is 34.9. The van der Waals surface area contributed by atoms with Gasteiger partial charge in [0.25, 0.3) is 0 Å². The largest absolute Gasteiger partial charge is 0.508 e. The number of aromatic hydroxyl groups is 2. The molecule has 27 heteroatoms. The van der Waals surface area contributed by atoms with Crippen LogP contribution in [0.15, 0.2) is 48.5 Å². The zero-order valence-electron chi connectivity index (χ0n) is 41.6. The molecule has 74 heavy (non-hydrogen) atoms. The number of hydrogen-bond donors (Lipinski definition) is 17. The van der Waals surface area contributed by atoms with Gasteiger partial charge in [-0.2, -0.15) is 0 Å². The average molecular weight is 1040 g/mol. The van der Waals surface area contributed by atoms with Crippen molar-refractivity contribution in [2.24, 2.45) is 28.7 Å². The molecule has 0 unspecified atom stereocenters. The third-order valence-electron chi connectivity index (χ3n) is 11.3. The Bertz CT molecular complexity index is 2220. The highest BCUT2D eigenvalue weighted by Gasteiger charge is 2.35. The maximum absolute atomic E-state index is 13.6. The van der Waals surface area contributed by atoms with E-state index in [4.69, 9.17) is 28.7 Å². The standard InChI is InChI=1S/C47H73N13O14/c1-24(54-46(73)38(25(2)61)59-45(72)33(9-5-7-19-49)56-42(69)31(50)20-27-10-14-29(63)15-11-27)41(68)58-35(22-36(51)65)43(70)53-23-37(66)55-32(8-4-6-18-48)44(71)60-39(26(3)62)47(74)57-34(40(52)67)21-28-12-16-30(64)17-13-28/h10-17,24-26,31-35,38-39,61-64H,4-9,18-23,48-50H2,1-3H3,(H2,51,65)(H2,52,67)(H,53,70)(H,54,73)(H,55,66)(H,56,69)(H,57,74)(H,58,68)(H,59,72)(H,60,71)/t24-,25+,26+,31-,32-,33-,34-,35-,38-,39-/m0/s1. The van der Waals surface area contributed by atoms with Crippen LogP contribution in [-0.2, 0) is 60.8 Å². The van der Waals surface area contributed by atoms with E-state index >= 15 is 0 Å². The summed E-state index contributed by atoms with van der Waals surface area (Å²) >= 11 is 0. The van der Waals surface area contributed by atoms with Gasteiger partial charge in [0.05, 0.1) is 31.2 Å². The van der Waals surface area contributed by atoms with Crippen molar-refractivity contribution in [3.8, 4) is 11.5 Å². The number of benzene rings is 2. The van der Waals surface area contributed by atoms with E-state index in [1.165, 1.54) is 57.2 Å². The van der Waals surface area contributed by atoms with Gasteiger partial charge in [-0.15, -0.1) is 0 Å². The topological polar surface area (TPSA) is 478 Å². The molecule has 0 bridgehead atoms. The van der Waals surface area contributed by atoms with Crippen molar-refractivity contribution in [2.45, 2.75) is 139 Å². The molecule has 2 rings (SSSR count). The van der Waals surface area contributed by atoms with E-state index in [1.807, 2.05) is 0 Å². The number of carbonyl (C=O) groups is 10. The Hall–Kier alpha value is -7.46. The number of phenolic OH excluding ortho intramolecular Hbond substituents is 2. The molecular weight excluding hydrogens is 971 g/mol. The Kier molecular flexibility index (Phi) is 27.0. The van der Waals surface area contributed by atoms with E-state index in [1.54, 1.807) is 12.1 Å². The van der Waals surface area contributed by atoms with Crippen LogP contribution in [0.3, 0.4) is 0 Å². The summed E-state index contributed by atoms with van der Waals surface area (Å²) in [5, 5.41) is 59.0. The van der Waals surface area contributed by atoms with Crippen LogP contribution in [0.5, 0.6) is 11.5 Å². The van der Waals surface area contributed by atoms with Gasteiger partial charge in [0.1, 0.15) is 53.8 Å². The summed E-state index contributed by atoms with van der Waals surface area (Å²) in [7, 11) is 0. The van der Waals surface area contributed by atoms with Gasteiger partial charge in [0.2, 0.25) is 59.1 Å². The average Bonchev–Trinajstić information content (AvgIpc) is 3.33. The molecular formula is C47H73N13O14. The van der Waals surface area contributed by atoms with E-state index < -0.39 is 133 Å². The Morgan fingerprint density at radius 2 is 0.932 bits per heavy atom. The van der Waals surface area contributed by atoms with E-state index in [-0.39, 0.29) is 50.3 Å². The van der Waals surface area contributed by atoms with Crippen molar-refractivity contribution < 1.29 is 68.4 Å². The molecule has 0 aromatic heterocycles. The van der Waals surface area contributed by atoms with Gasteiger partial charge in [-0.1, -0.05) is 24.3 Å². The molecule has 0 saturated carbocycles. The van der Waals surface area contributed by atoms with Crippen LogP contribution in [0, 0.1) is 0 Å². The first-order valence-electron chi connectivity index (χ1n) is 23.9. The van der Waals surface area contributed by atoms with Gasteiger partial charge in [-0.3, -0.25) is 47.9 Å². The van der Waals surface area contributed by atoms with Gasteiger partial charge in [0.15, 0.2) is 0 Å². The molecule has 0 saturated heterocycles. The van der Waals surface area contributed by atoms with Crippen molar-refractivity contribution in [3.63, 3.8) is 0 Å². The van der Waals surface area contributed by atoms with E-state index in [9.17, 15) is 68.4 Å². The van der Waals surface area contributed by atoms with E-state index in [0.717, 1.165) is 0 Å². The Morgan fingerprint density at radius 1 is 0.500 bits per heavy atom. The molecule has 2 aromatic carbocycles. The summed E-state index contributed by atoms with van der Waals surface area (Å²) in [6.07, 6.45) is -2.32. The molecule has 0 aliphatic heterocycles. The lowest BCUT2D eigenvalue weighted by Gasteiger charge is -2.27. The van der Waals surface area contributed by atoms with Crippen molar-refractivity contribution in [3.05, 3.63) is 59.7 Å². The maximum atomic E-state index is 13.6. The number of aliphatic hydroxyl groups is 2. The number of carbonyl (C=O) groups excluding carboxylic acids is 10. The van der Waals surface area contributed by atoms with Crippen LogP contribution in [0.25, 0.3) is 0 Å². The van der Waals surface area contributed by atoms with Crippen molar-refractivity contribution in [1.29, 1.82) is 0 Å². The number of unbranched alkanes of at least 4 members (excludes halogenated alkanes) is 2. The fourth-order valence-electron chi connectivity index (χ4n) is 7.06. The van der Waals surface area contributed by atoms with Crippen molar-refractivity contribution in [1.82, 2.24) is 42.5 Å². The highest BCUT2D eigenvalue weighted by Crippen LogP contribution is 2.14. The number of nitrogens with one attached hydrogen (secondary N) is 8. The van der Waals surface area contributed by atoms with Gasteiger partial charge in [-0.25, -0.2) is 0 Å². The summed E-state index contributed by atoms with van der Waals surface area (Å²) in [4.78, 5) is 131. The minimum absolute atomic E-state index is 0.0124. The molecule has 10 amide bonds. The second kappa shape index (κ2) is 31.9. The highest BCUT2D eigenvalue weighted by atomic mass is 16.3. The van der Waals surface area contributed by atoms with Crippen molar-refractivity contribution >= 4 is 59.1 Å². The van der Waals surface area contributed by atoms with Crippen LogP contribution in [0.2, 0.25) is 0 Å². The van der Waals surface area contributed by atoms with Crippen LogP contribution >= 0.6 is 0 Å². The van der Waals surface area contributed by atoms with Gasteiger partial charge in [-0.05, 0) is 114 Å². The zero-order valence-corrected chi connectivity index (χ0v) is 41.6. The Morgan fingerprint density at radius 3 is 1.38 bits per heavy atom. The molecule has 27 nitrogen and oxygen atoms in total. The number of hydrogen-bond acceptors (Lipinski definition) is 17.